The lowest BCUT2D eigenvalue weighted by molar-refractivity contribution is -0.117. The van der Waals surface area contributed by atoms with Crippen molar-refractivity contribution in [1.29, 1.82) is 0 Å². The number of H-pyrrole nitrogens is 1. The Hall–Kier alpha value is -2.73. The number of rotatable bonds is 3. The molecule has 3 N–H and O–H groups in total. The molecule has 24 heavy (non-hydrogen) atoms. The Morgan fingerprint density at radius 1 is 1.29 bits per heavy atom. The molecule has 6 heteroatoms. The summed E-state index contributed by atoms with van der Waals surface area (Å²) in [5.41, 5.74) is 2.60. The lowest BCUT2D eigenvalue weighted by Gasteiger charge is -2.10. The molecule has 0 aliphatic carbocycles. The van der Waals surface area contributed by atoms with Gasteiger partial charge in [0.05, 0.1) is 6.04 Å². The number of aromatic amines is 1. The topological polar surface area (TPSA) is 69.8 Å². The van der Waals surface area contributed by atoms with Gasteiger partial charge < -0.3 is 15.6 Å². The molecule has 1 aliphatic heterocycles. The average molecular weight is 324 g/mol. The van der Waals surface area contributed by atoms with E-state index in [1.165, 1.54) is 12.1 Å². The predicted molar refractivity (Wildman–Crippen MR) is 91.1 cm³/mol. The second-order valence-electron chi connectivity index (χ2n) is 5.96. The number of anilines is 1. The summed E-state index contributed by atoms with van der Waals surface area (Å²) < 4.78 is 13.3. The summed E-state index contributed by atoms with van der Waals surface area (Å²) in [5, 5.41) is 6.93. The van der Waals surface area contributed by atoms with Gasteiger partial charge in [-0.3, -0.25) is 4.79 Å². The number of pyridine rings is 1. The number of carbonyl (C=O) groups excluding carboxylic acids is 1. The Balaban J connectivity index is 1.55. The number of aromatic nitrogens is 2. The first-order chi connectivity index (χ1) is 11.7. The first-order valence-corrected chi connectivity index (χ1v) is 7.98. The fraction of sp³-hybridized carbons (Fsp3) is 0.222. The number of nitrogens with zero attached hydrogens (tertiary/aromatic N) is 1. The number of hydrogen-bond acceptors (Lipinski definition) is 3. The molecule has 1 unspecified atom stereocenters. The van der Waals surface area contributed by atoms with Crippen molar-refractivity contribution in [3.8, 4) is 11.1 Å². The molecule has 0 saturated carbocycles. The monoisotopic (exact) mass is 324 g/mol. The zero-order valence-electron chi connectivity index (χ0n) is 13.0. The summed E-state index contributed by atoms with van der Waals surface area (Å²) in [5.74, 6) is 0.214. The zero-order chi connectivity index (χ0) is 16.5. The molecule has 0 spiro atoms. The van der Waals surface area contributed by atoms with E-state index in [0.29, 0.717) is 5.82 Å². The van der Waals surface area contributed by atoms with Crippen LogP contribution >= 0.6 is 0 Å². The quantitative estimate of drug-likeness (QED) is 0.693. The minimum absolute atomic E-state index is 0.0460. The highest BCUT2D eigenvalue weighted by atomic mass is 19.1. The van der Waals surface area contributed by atoms with Crippen molar-refractivity contribution >= 4 is 22.6 Å². The van der Waals surface area contributed by atoms with Crippen molar-refractivity contribution in [2.75, 3.05) is 11.9 Å². The van der Waals surface area contributed by atoms with E-state index < -0.39 is 0 Å². The molecule has 5 nitrogen and oxygen atoms in total. The molecular formula is C18H17FN4O. The maximum Gasteiger partial charge on any atom is 0.242 e. The van der Waals surface area contributed by atoms with Crippen molar-refractivity contribution < 1.29 is 9.18 Å². The maximum atomic E-state index is 13.3. The van der Waals surface area contributed by atoms with Crippen LogP contribution in [0.3, 0.4) is 0 Å². The van der Waals surface area contributed by atoms with Crippen LogP contribution < -0.4 is 10.6 Å². The molecule has 3 heterocycles. The van der Waals surface area contributed by atoms with Gasteiger partial charge in [0.25, 0.3) is 0 Å². The molecule has 1 atom stereocenters. The molecule has 122 valence electrons. The first-order valence-electron chi connectivity index (χ1n) is 7.98. The van der Waals surface area contributed by atoms with Gasteiger partial charge in [0.15, 0.2) is 0 Å². The fourth-order valence-electron chi connectivity index (χ4n) is 3.09. The summed E-state index contributed by atoms with van der Waals surface area (Å²) >= 11 is 0. The van der Waals surface area contributed by atoms with E-state index in [4.69, 9.17) is 0 Å². The van der Waals surface area contributed by atoms with Crippen LogP contribution in [-0.2, 0) is 4.79 Å². The van der Waals surface area contributed by atoms with Gasteiger partial charge in [-0.1, -0.05) is 0 Å². The van der Waals surface area contributed by atoms with Crippen molar-refractivity contribution in [3.05, 3.63) is 48.5 Å². The fourth-order valence-corrected chi connectivity index (χ4v) is 3.09. The summed E-state index contributed by atoms with van der Waals surface area (Å²) in [4.78, 5) is 19.5. The van der Waals surface area contributed by atoms with E-state index in [1.807, 2.05) is 12.3 Å². The van der Waals surface area contributed by atoms with Gasteiger partial charge in [0.2, 0.25) is 5.91 Å². The zero-order valence-corrected chi connectivity index (χ0v) is 13.0. The third-order valence-corrected chi connectivity index (χ3v) is 4.35. The number of amides is 1. The van der Waals surface area contributed by atoms with E-state index in [2.05, 4.69) is 20.6 Å². The van der Waals surface area contributed by atoms with E-state index in [9.17, 15) is 9.18 Å². The number of carbonyl (C=O) groups is 1. The van der Waals surface area contributed by atoms with Crippen LogP contribution in [0.15, 0.2) is 42.7 Å². The second kappa shape index (κ2) is 6.05. The summed E-state index contributed by atoms with van der Waals surface area (Å²) in [6.45, 7) is 0.881. The van der Waals surface area contributed by atoms with Crippen molar-refractivity contribution in [3.63, 3.8) is 0 Å². The third-order valence-electron chi connectivity index (χ3n) is 4.35. The summed E-state index contributed by atoms with van der Waals surface area (Å²) in [7, 11) is 0. The molecule has 0 bridgehead atoms. The highest BCUT2D eigenvalue weighted by Crippen LogP contribution is 2.29. The average Bonchev–Trinajstić information content (AvgIpc) is 3.25. The minimum atomic E-state index is -0.271. The van der Waals surface area contributed by atoms with Crippen LogP contribution in [0, 0.1) is 5.82 Å². The standard InChI is InChI=1S/C18H17FN4O/c19-12-4-5-13-14(10-21-16(13)8-12)11-3-6-17(22-9-11)23-18(24)15-2-1-7-20-15/h3-6,8-10,15,20-21H,1-2,7H2,(H,22,23,24). The van der Waals surface area contributed by atoms with E-state index in [-0.39, 0.29) is 17.8 Å². The number of hydrogen-bond donors (Lipinski definition) is 3. The smallest absolute Gasteiger partial charge is 0.242 e. The van der Waals surface area contributed by atoms with Gasteiger partial charge in [-0.05, 0) is 49.7 Å². The van der Waals surface area contributed by atoms with Crippen molar-refractivity contribution in [1.82, 2.24) is 15.3 Å². The van der Waals surface area contributed by atoms with Crippen LogP contribution in [0.1, 0.15) is 12.8 Å². The van der Waals surface area contributed by atoms with E-state index in [0.717, 1.165) is 41.4 Å². The van der Waals surface area contributed by atoms with Crippen molar-refractivity contribution in [2.24, 2.45) is 0 Å². The molecule has 1 aliphatic rings. The summed E-state index contributed by atoms with van der Waals surface area (Å²) in [6, 6.07) is 8.21. The van der Waals surface area contributed by atoms with E-state index in [1.54, 1.807) is 18.3 Å². The number of nitrogens with one attached hydrogen (secondary N) is 3. The summed E-state index contributed by atoms with van der Waals surface area (Å²) in [6.07, 6.45) is 5.42. The predicted octanol–water partition coefficient (Wildman–Crippen LogP) is 3.06. The molecule has 3 aromatic rings. The van der Waals surface area contributed by atoms with Crippen molar-refractivity contribution in [2.45, 2.75) is 18.9 Å². The van der Waals surface area contributed by atoms with Gasteiger partial charge in [0.1, 0.15) is 11.6 Å². The van der Waals surface area contributed by atoms with Gasteiger partial charge in [-0.25, -0.2) is 9.37 Å². The second-order valence-corrected chi connectivity index (χ2v) is 5.96. The van der Waals surface area contributed by atoms with E-state index >= 15 is 0 Å². The molecule has 0 radical (unpaired) electrons. The normalized spacial score (nSPS) is 17.3. The Bertz CT molecular complexity index is 882. The Morgan fingerprint density at radius 3 is 2.96 bits per heavy atom. The molecule has 1 amide bonds. The highest BCUT2D eigenvalue weighted by molar-refractivity contribution is 5.96. The highest BCUT2D eigenvalue weighted by Gasteiger charge is 2.22. The van der Waals surface area contributed by atoms with Crippen LogP contribution in [0.5, 0.6) is 0 Å². The Labute approximate surface area is 138 Å². The Morgan fingerprint density at radius 2 is 2.21 bits per heavy atom. The van der Waals surface area contributed by atoms with Gasteiger partial charge in [-0.2, -0.15) is 0 Å². The van der Waals surface area contributed by atoms with Crippen LogP contribution in [0.4, 0.5) is 10.2 Å². The molecule has 1 fully saturated rings. The molecular weight excluding hydrogens is 307 g/mol. The lowest BCUT2D eigenvalue weighted by atomic mass is 10.1. The third kappa shape index (κ3) is 2.76. The maximum absolute atomic E-state index is 13.3. The minimum Gasteiger partial charge on any atom is -0.360 e. The van der Waals surface area contributed by atoms with Crippen LogP contribution in [-0.4, -0.2) is 28.5 Å². The Kier molecular flexibility index (Phi) is 3.74. The number of benzene rings is 1. The molecule has 1 aromatic carbocycles. The molecule has 1 saturated heterocycles. The van der Waals surface area contributed by atoms with Gasteiger partial charge >= 0.3 is 0 Å². The lowest BCUT2D eigenvalue weighted by Crippen LogP contribution is -2.35. The molecule has 2 aromatic heterocycles. The van der Waals surface area contributed by atoms with Gasteiger partial charge in [-0.15, -0.1) is 0 Å². The number of fused-ring (bicyclic) bond motifs is 1. The van der Waals surface area contributed by atoms with Crippen LogP contribution in [0.2, 0.25) is 0 Å². The molecule has 4 rings (SSSR count). The first kappa shape index (κ1) is 14.8. The largest absolute Gasteiger partial charge is 0.360 e. The SMILES string of the molecule is O=C(Nc1ccc(-c2c[nH]c3cc(F)ccc23)cn1)C1CCCN1. The van der Waals surface area contributed by atoms with Crippen LogP contribution in [0.25, 0.3) is 22.0 Å². The number of halogens is 1. The van der Waals surface area contributed by atoms with Gasteiger partial charge in [0, 0.05) is 34.4 Å².